The maximum Gasteiger partial charge on any atom is 0.147 e. The van der Waals surface area contributed by atoms with Crippen molar-refractivity contribution in [3.63, 3.8) is 0 Å². The normalized spacial score (nSPS) is 54.6. The fourth-order valence-electron chi connectivity index (χ4n) is 2.30. The minimum atomic E-state index is -0.381. The SMILES string of the molecule is [B]C1OC2COCO[C@H]2[C@@]12CCO2. The first-order chi connectivity index (χ1) is 6.33. The zero-order chi connectivity index (χ0) is 8.89. The van der Waals surface area contributed by atoms with Crippen LogP contribution in [0.4, 0.5) is 0 Å². The van der Waals surface area contributed by atoms with Crippen LogP contribution < -0.4 is 0 Å². The molecule has 3 fully saturated rings. The van der Waals surface area contributed by atoms with Gasteiger partial charge in [-0.1, -0.05) is 0 Å². The van der Waals surface area contributed by atoms with E-state index in [-0.39, 0.29) is 23.8 Å². The number of hydrogen-bond donors (Lipinski definition) is 0. The van der Waals surface area contributed by atoms with Gasteiger partial charge in [-0.15, -0.1) is 0 Å². The Balaban J connectivity index is 1.86. The lowest BCUT2D eigenvalue weighted by molar-refractivity contribution is -0.246. The standard InChI is InChI=1S/C8H11BO4/c9-7-8(1-2-12-8)6-5(13-7)3-10-4-11-6/h5-7H,1-4H2/t5?,6-,7?,8+/m1/s1. The average Bonchev–Trinajstić information content (AvgIpc) is 2.35. The molecule has 0 amide bonds. The van der Waals surface area contributed by atoms with Crippen LogP contribution in [0.25, 0.3) is 0 Å². The summed E-state index contributed by atoms with van der Waals surface area (Å²) in [5.41, 5.74) is -0.381. The van der Waals surface area contributed by atoms with Gasteiger partial charge in [-0.05, 0) is 0 Å². The molecule has 4 atom stereocenters. The minimum absolute atomic E-state index is 0.0370. The van der Waals surface area contributed by atoms with Crippen molar-refractivity contribution in [3.8, 4) is 0 Å². The lowest BCUT2D eigenvalue weighted by Crippen LogP contribution is -2.60. The molecule has 0 bridgehead atoms. The van der Waals surface area contributed by atoms with E-state index in [4.69, 9.17) is 26.8 Å². The van der Waals surface area contributed by atoms with Crippen molar-refractivity contribution in [2.45, 2.75) is 30.2 Å². The first-order valence-corrected chi connectivity index (χ1v) is 4.57. The summed E-state index contributed by atoms with van der Waals surface area (Å²) in [5.74, 6) is 0. The molecule has 0 aromatic rings. The van der Waals surface area contributed by atoms with E-state index < -0.39 is 0 Å². The highest BCUT2D eigenvalue weighted by atomic mass is 16.7. The lowest BCUT2D eigenvalue weighted by atomic mass is 9.75. The molecule has 4 nitrogen and oxygen atoms in total. The summed E-state index contributed by atoms with van der Waals surface area (Å²) in [6.45, 7) is 1.64. The molecule has 0 N–H and O–H groups in total. The Bertz CT molecular complexity index is 218. The number of hydrogen-bond acceptors (Lipinski definition) is 4. The maximum absolute atomic E-state index is 5.85. The van der Waals surface area contributed by atoms with Crippen molar-refractivity contribution in [2.24, 2.45) is 0 Å². The van der Waals surface area contributed by atoms with E-state index in [2.05, 4.69) is 0 Å². The van der Waals surface area contributed by atoms with Gasteiger partial charge in [-0.3, -0.25) is 0 Å². The Morgan fingerprint density at radius 1 is 1.38 bits per heavy atom. The fraction of sp³-hybridized carbons (Fsp3) is 1.00. The third kappa shape index (κ3) is 0.959. The Morgan fingerprint density at radius 3 is 2.92 bits per heavy atom. The summed E-state index contributed by atoms with van der Waals surface area (Å²) in [4.78, 5) is 0. The van der Waals surface area contributed by atoms with Crippen LogP contribution in [0, 0.1) is 0 Å². The van der Waals surface area contributed by atoms with Gasteiger partial charge in [0.1, 0.15) is 32.4 Å². The predicted molar refractivity (Wildman–Crippen MR) is 43.4 cm³/mol. The van der Waals surface area contributed by atoms with Crippen LogP contribution in [-0.2, 0) is 18.9 Å². The van der Waals surface area contributed by atoms with Crippen LogP contribution in [-0.4, -0.2) is 51.7 Å². The molecular formula is C8H11BO4. The van der Waals surface area contributed by atoms with Crippen molar-refractivity contribution in [3.05, 3.63) is 0 Å². The highest BCUT2D eigenvalue weighted by Crippen LogP contribution is 2.44. The van der Waals surface area contributed by atoms with Crippen LogP contribution in [0.5, 0.6) is 0 Å². The average molecular weight is 182 g/mol. The van der Waals surface area contributed by atoms with E-state index in [0.29, 0.717) is 13.4 Å². The van der Waals surface area contributed by atoms with Gasteiger partial charge in [0, 0.05) is 12.4 Å². The van der Waals surface area contributed by atoms with Crippen LogP contribution >= 0.6 is 0 Å². The molecule has 0 aromatic carbocycles. The van der Waals surface area contributed by atoms with Gasteiger partial charge < -0.3 is 18.9 Å². The largest absolute Gasteiger partial charge is 0.376 e. The molecule has 5 heteroatoms. The van der Waals surface area contributed by atoms with Gasteiger partial charge >= 0.3 is 0 Å². The predicted octanol–water partition coefficient (Wildman–Crippen LogP) is -0.588. The number of ether oxygens (including phenoxy) is 4. The molecule has 2 radical (unpaired) electrons. The smallest absolute Gasteiger partial charge is 0.147 e. The van der Waals surface area contributed by atoms with Gasteiger partial charge in [0.25, 0.3) is 0 Å². The molecule has 3 heterocycles. The summed E-state index contributed by atoms with van der Waals surface area (Å²) in [5, 5.41) is 0. The Hall–Kier alpha value is -0.0951. The molecule has 0 aromatic heterocycles. The third-order valence-electron chi connectivity index (χ3n) is 3.10. The van der Waals surface area contributed by atoms with Crippen LogP contribution in [0.2, 0.25) is 0 Å². The van der Waals surface area contributed by atoms with Crippen molar-refractivity contribution >= 4 is 7.85 Å². The summed E-state index contributed by atoms with van der Waals surface area (Å²) >= 11 is 0. The van der Waals surface area contributed by atoms with E-state index in [1.807, 2.05) is 0 Å². The summed E-state index contributed by atoms with van der Waals surface area (Å²) in [6, 6.07) is -0.363. The number of fused-ring (bicyclic) bond motifs is 2. The van der Waals surface area contributed by atoms with Gasteiger partial charge in [-0.2, -0.15) is 0 Å². The first kappa shape index (κ1) is 8.23. The highest BCUT2D eigenvalue weighted by molar-refractivity contribution is 6.12. The monoisotopic (exact) mass is 182 g/mol. The molecular weight excluding hydrogens is 171 g/mol. The zero-order valence-corrected chi connectivity index (χ0v) is 7.27. The van der Waals surface area contributed by atoms with Crippen molar-refractivity contribution in [1.29, 1.82) is 0 Å². The molecule has 13 heavy (non-hydrogen) atoms. The third-order valence-corrected chi connectivity index (χ3v) is 3.10. The van der Waals surface area contributed by atoms with Crippen molar-refractivity contribution in [1.82, 2.24) is 0 Å². The second kappa shape index (κ2) is 2.70. The lowest BCUT2D eigenvalue weighted by Gasteiger charge is -2.45. The second-order valence-electron chi connectivity index (χ2n) is 3.72. The van der Waals surface area contributed by atoms with Crippen molar-refractivity contribution < 1.29 is 18.9 Å². The zero-order valence-electron chi connectivity index (χ0n) is 7.27. The quantitative estimate of drug-likeness (QED) is 0.469. The summed E-state index contributed by atoms with van der Waals surface area (Å²) < 4.78 is 21.7. The molecule has 3 aliphatic rings. The summed E-state index contributed by atoms with van der Waals surface area (Å²) in [7, 11) is 5.85. The van der Waals surface area contributed by atoms with E-state index in [9.17, 15) is 0 Å². The fourth-order valence-corrected chi connectivity index (χ4v) is 2.30. The van der Waals surface area contributed by atoms with Gasteiger partial charge in [0.05, 0.1) is 13.2 Å². The minimum Gasteiger partial charge on any atom is -0.376 e. The number of rotatable bonds is 0. The van der Waals surface area contributed by atoms with Crippen LogP contribution in [0.3, 0.4) is 0 Å². The van der Waals surface area contributed by atoms with Gasteiger partial charge in [0.2, 0.25) is 0 Å². The Morgan fingerprint density at radius 2 is 2.23 bits per heavy atom. The van der Waals surface area contributed by atoms with E-state index in [0.717, 1.165) is 13.0 Å². The molecule has 3 rings (SSSR count). The molecule has 0 aliphatic carbocycles. The Kier molecular flexibility index (Phi) is 1.71. The van der Waals surface area contributed by atoms with Gasteiger partial charge in [0.15, 0.2) is 0 Å². The first-order valence-electron chi connectivity index (χ1n) is 4.57. The van der Waals surface area contributed by atoms with E-state index in [1.165, 1.54) is 0 Å². The molecule has 3 saturated heterocycles. The second-order valence-corrected chi connectivity index (χ2v) is 3.72. The molecule has 0 saturated carbocycles. The van der Waals surface area contributed by atoms with E-state index in [1.54, 1.807) is 0 Å². The van der Waals surface area contributed by atoms with Crippen molar-refractivity contribution in [2.75, 3.05) is 20.0 Å². The van der Waals surface area contributed by atoms with Gasteiger partial charge in [-0.25, -0.2) is 0 Å². The maximum atomic E-state index is 5.85. The summed E-state index contributed by atoms with van der Waals surface area (Å²) in [6.07, 6.45) is 0.837. The molecule has 70 valence electrons. The Labute approximate surface area is 77.9 Å². The molecule has 2 unspecified atom stereocenters. The molecule has 3 aliphatic heterocycles. The highest BCUT2D eigenvalue weighted by Gasteiger charge is 2.60. The topological polar surface area (TPSA) is 36.9 Å². The van der Waals surface area contributed by atoms with Crippen LogP contribution in [0.15, 0.2) is 0 Å². The van der Waals surface area contributed by atoms with E-state index >= 15 is 0 Å². The molecule has 1 spiro atoms. The van der Waals surface area contributed by atoms with Crippen LogP contribution in [0.1, 0.15) is 6.42 Å².